The number of hydrogen-bond donors (Lipinski definition) is 1. The molecular weight excluding hydrogens is 395 g/mol. The summed E-state index contributed by atoms with van der Waals surface area (Å²) in [5.41, 5.74) is 0.797. The Balaban J connectivity index is 1.46. The van der Waals surface area contributed by atoms with Crippen LogP contribution in [0.2, 0.25) is 5.02 Å². The lowest BCUT2D eigenvalue weighted by Crippen LogP contribution is -2.27. The highest BCUT2D eigenvalue weighted by Crippen LogP contribution is 2.24. The lowest BCUT2D eigenvalue weighted by molar-refractivity contribution is 0.0950. The Morgan fingerprint density at radius 3 is 2.92 bits per heavy atom. The molecule has 1 amide bonds. The van der Waals surface area contributed by atoms with Crippen molar-refractivity contribution in [3.8, 4) is 10.7 Å². The second-order valence-electron chi connectivity index (χ2n) is 5.44. The molecule has 4 rings (SSSR count). The fourth-order valence-electron chi connectivity index (χ4n) is 2.51. The highest BCUT2D eigenvalue weighted by Gasteiger charge is 2.16. The van der Waals surface area contributed by atoms with Crippen LogP contribution in [0, 0.1) is 5.82 Å². The molecule has 0 aliphatic heterocycles. The number of thiophene rings is 1. The minimum absolute atomic E-state index is 0.0947. The number of fused-ring (bicyclic) bond motifs is 1. The lowest BCUT2D eigenvalue weighted by atomic mass is 10.2. The Morgan fingerprint density at radius 2 is 2.15 bits per heavy atom. The van der Waals surface area contributed by atoms with Crippen LogP contribution >= 0.6 is 34.3 Å². The summed E-state index contributed by atoms with van der Waals surface area (Å²) in [6.45, 7) is 0.337. The summed E-state index contributed by atoms with van der Waals surface area (Å²) in [5.74, 6) is -0.475. The molecule has 4 aromatic rings. The summed E-state index contributed by atoms with van der Waals surface area (Å²) in [6, 6.07) is 8.10. The van der Waals surface area contributed by atoms with E-state index in [0.717, 1.165) is 15.5 Å². The first-order chi connectivity index (χ1) is 12.6. The van der Waals surface area contributed by atoms with E-state index in [2.05, 4.69) is 15.4 Å². The van der Waals surface area contributed by atoms with Crippen LogP contribution in [0.5, 0.6) is 0 Å². The number of hydrogen-bond acceptors (Lipinski definition) is 5. The van der Waals surface area contributed by atoms with Gasteiger partial charge in [0, 0.05) is 18.3 Å². The number of thiazole rings is 1. The third kappa shape index (κ3) is 3.23. The summed E-state index contributed by atoms with van der Waals surface area (Å²) in [6.07, 6.45) is 0.547. The number of benzene rings is 1. The van der Waals surface area contributed by atoms with Gasteiger partial charge in [0.05, 0.1) is 21.2 Å². The summed E-state index contributed by atoms with van der Waals surface area (Å²) < 4.78 is 15.6. The van der Waals surface area contributed by atoms with Crippen molar-refractivity contribution >= 4 is 45.1 Å². The predicted molar refractivity (Wildman–Crippen MR) is 102 cm³/mol. The van der Waals surface area contributed by atoms with Crippen molar-refractivity contribution in [2.75, 3.05) is 6.54 Å². The van der Waals surface area contributed by atoms with E-state index in [1.807, 2.05) is 22.9 Å². The van der Waals surface area contributed by atoms with Crippen LogP contribution in [0.3, 0.4) is 0 Å². The van der Waals surface area contributed by atoms with Gasteiger partial charge in [0.2, 0.25) is 4.96 Å². The summed E-state index contributed by atoms with van der Waals surface area (Å²) in [4.78, 5) is 18.5. The average Bonchev–Trinajstić information content (AvgIpc) is 3.32. The molecule has 26 heavy (non-hydrogen) atoms. The monoisotopic (exact) mass is 406 g/mol. The first kappa shape index (κ1) is 17.1. The highest BCUT2D eigenvalue weighted by atomic mass is 35.5. The summed E-state index contributed by atoms with van der Waals surface area (Å²) in [5, 5.41) is 11.3. The average molecular weight is 407 g/mol. The van der Waals surface area contributed by atoms with Crippen LogP contribution in [0.25, 0.3) is 15.7 Å². The molecular formula is C17H12ClFN4OS2. The fourth-order valence-corrected chi connectivity index (χ4v) is 4.27. The molecule has 132 valence electrons. The van der Waals surface area contributed by atoms with Gasteiger partial charge in [-0.2, -0.15) is 4.98 Å². The molecule has 0 aliphatic carbocycles. The number of carbonyl (C=O) groups excluding carboxylic acids is 1. The molecule has 0 radical (unpaired) electrons. The molecule has 0 saturated heterocycles. The normalized spacial score (nSPS) is 11.2. The van der Waals surface area contributed by atoms with E-state index in [9.17, 15) is 9.18 Å². The molecule has 0 fully saturated rings. The maximum absolute atomic E-state index is 13.8. The van der Waals surface area contributed by atoms with Crippen molar-refractivity contribution in [3.05, 3.63) is 63.2 Å². The topological polar surface area (TPSA) is 59.3 Å². The van der Waals surface area contributed by atoms with Crippen LogP contribution in [-0.2, 0) is 6.42 Å². The SMILES string of the molecule is O=C(NCCc1csc2nc(-c3cccs3)nn12)c1c(F)cccc1Cl. The minimum atomic E-state index is -0.634. The molecule has 5 nitrogen and oxygen atoms in total. The zero-order chi connectivity index (χ0) is 18.1. The van der Waals surface area contributed by atoms with Gasteiger partial charge in [-0.15, -0.1) is 27.8 Å². The number of nitrogens with zero attached hydrogens (tertiary/aromatic N) is 3. The predicted octanol–water partition coefficient (Wildman–Crippen LogP) is 4.28. The third-order valence-corrected chi connectivity index (χ3v) is 5.79. The van der Waals surface area contributed by atoms with Gasteiger partial charge in [-0.1, -0.05) is 23.7 Å². The van der Waals surface area contributed by atoms with E-state index in [0.29, 0.717) is 18.8 Å². The molecule has 0 aliphatic rings. The van der Waals surface area contributed by atoms with Gasteiger partial charge in [0.1, 0.15) is 5.82 Å². The van der Waals surface area contributed by atoms with Gasteiger partial charge in [-0.25, -0.2) is 8.91 Å². The smallest absolute Gasteiger partial charge is 0.255 e. The van der Waals surface area contributed by atoms with E-state index < -0.39 is 11.7 Å². The maximum Gasteiger partial charge on any atom is 0.255 e. The van der Waals surface area contributed by atoms with E-state index in [4.69, 9.17) is 11.6 Å². The molecule has 9 heteroatoms. The van der Waals surface area contributed by atoms with Gasteiger partial charge in [0.15, 0.2) is 5.82 Å². The molecule has 0 spiro atoms. The van der Waals surface area contributed by atoms with Crippen LogP contribution in [0.1, 0.15) is 16.1 Å². The standard InChI is InChI=1S/C17H12ClFN4OS2/c18-11-3-1-4-12(19)14(11)16(24)20-7-6-10-9-26-17-21-15(22-23(10)17)13-5-2-8-25-13/h1-5,8-9H,6-7H2,(H,20,24). The second-order valence-corrected chi connectivity index (χ2v) is 7.63. The fraction of sp³-hybridized carbons (Fsp3) is 0.118. The Labute approximate surface area is 161 Å². The summed E-state index contributed by atoms with van der Waals surface area (Å²) in [7, 11) is 0. The van der Waals surface area contributed by atoms with Crippen LogP contribution in [-0.4, -0.2) is 27.0 Å². The maximum atomic E-state index is 13.8. The second kappa shape index (κ2) is 7.14. The zero-order valence-electron chi connectivity index (χ0n) is 13.3. The van der Waals surface area contributed by atoms with Crippen molar-refractivity contribution in [2.45, 2.75) is 6.42 Å². The number of nitrogens with one attached hydrogen (secondary N) is 1. The van der Waals surface area contributed by atoms with E-state index >= 15 is 0 Å². The molecule has 0 bridgehead atoms. The first-order valence-electron chi connectivity index (χ1n) is 7.72. The Hall–Kier alpha value is -2.29. The van der Waals surface area contributed by atoms with E-state index in [1.165, 1.54) is 29.5 Å². The first-order valence-corrected chi connectivity index (χ1v) is 9.86. The molecule has 1 N–H and O–H groups in total. The van der Waals surface area contributed by atoms with Crippen LogP contribution in [0.4, 0.5) is 4.39 Å². The number of amides is 1. The van der Waals surface area contributed by atoms with Crippen molar-refractivity contribution in [3.63, 3.8) is 0 Å². The van der Waals surface area contributed by atoms with Gasteiger partial charge in [-0.3, -0.25) is 4.79 Å². The molecule has 3 heterocycles. The number of aromatic nitrogens is 3. The molecule has 0 unspecified atom stereocenters. The quantitative estimate of drug-likeness (QED) is 0.538. The van der Waals surface area contributed by atoms with Gasteiger partial charge >= 0.3 is 0 Å². The molecule has 1 aromatic carbocycles. The number of halogens is 2. The Morgan fingerprint density at radius 1 is 1.27 bits per heavy atom. The van der Waals surface area contributed by atoms with Crippen molar-refractivity contribution in [1.82, 2.24) is 19.9 Å². The summed E-state index contributed by atoms with van der Waals surface area (Å²) >= 11 is 8.99. The van der Waals surface area contributed by atoms with E-state index in [-0.39, 0.29) is 10.6 Å². The van der Waals surface area contributed by atoms with Crippen molar-refractivity contribution in [1.29, 1.82) is 0 Å². The van der Waals surface area contributed by atoms with Gasteiger partial charge < -0.3 is 5.32 Å². The lowest BCUT2D eigenvalue weighted by Gasteiger charge is -2.07. The molecule has 3 aromatic heterocycles. The molecule has 0 saturated carbocycles. The van der Waals surface area contributed by atoms with Crippen molar-refractivity contribution < 1.29 is 9.18 Å². The highest BCUT2D eigenvalue weighted by molar-refractivity contribution is 7.15. The molecule has 0 atom stereocenters. The number of carbonyl (C=O) groups is 1. The Kier molecular flexibility index (Phi) is 4.71. The Bertz CT molecular complexity index is 1050. The number of rotatable bonds is 5. The van der Waals surface area contributed by atoms with Gasteiger partial charge in [0.25, 0.3) is 5.91 Å². The minimum Gasteiger partial charge on any atom is -0.352 e. The van der Waals surface area contributed by atoms with Crippen LogP contribution in [0.15, 0.2) is 41.1 Å². The van der Waals surface area contributed by atoms with Gasteiger partial charge in [-0.05, 0) is 23.6 Å². The van der Waals surface area contributed by atoms with Crippen molar-refractivity contribution in [2.24, 2.45) is 0 Å². The van der Waals surface area contributed by atoms with Crippen LogP contribution < -0.4 is 5.32 Å². The van der Waals surface area contributed by atoms with E-state index in [1.54, 1.807) is 15.9 Å². The largest absolute Gasteiger partial charge is 0.352 e. The third-order valence-electron chi connectivity index (χ3n) is 3.75. The zero-order valence-corrected chi connectivity index (χ0v) is 15.7.